The van der Waals surface area contributed by atoms with E-state index < -0.39 is 0 Å². The molecule has 0 bridgehead atoms. The normalized spacial score (nSPS) is 12.8. The van der Waals surface area contributed by atoms with Crippen LogP contribution in [0.4, 0.5) is 0 Å². The third-order valence-electron chi connectivity index (χ3n) is 4.56. The van der Waals surface area contributed by atoms with E-state index in [0.29, 0.717) is 6.42 Å². The standard InChI is InChI=1S/C20H33NO3/c1-5-6-7-10-19(24)21-15(2)9-8-13-20(3,4)17-14-16(22)11-12-18(17)23/h11-12,14-15,22-23H,5-10,13H2,1-4H3,(H,21,24). The fourth-order valence-electron chi connectivity index (χ4n) is 3.01. The average molecular weight is 335 g/mol. The van der Waals surface area contributed by atoms with Crippen LogP contribution in [0.2, 0.25) is 0 Å². The summed E-state index contributed by atoms with van der Waals surface area (Å²) in [5, 5.41) is 22.7. The number of hydrogen-bond donors (Lipinski definition) is 3. The first kappa shape index (κ1) is 20.3. The van der Waals surface area contributed by atoms with E-state index in [1.807, 2.05) is 6.92 Å². The van der Waals surface area contributed by atoms with Crippen molar-refractivity contribution in [3.8, 4) is 11.5 Å². The number of amides is 1. The number of carbonyl (C=O) groups is 1. The molecule has 0 fully saturated rings. The maximum absolute atomic E-state index is 11.8. The highest BCUT2D eigenvalue weighted by molar-refractivity contribution is 5.76. The van der Waals surface area contributed by atoms with E-state index in [1.165, 1.54) is 12.1 Å². The van der Waals surface area contributed by atoms with E-state index >= 15 is 0 Å². The zero-order valence-corrected chi connectivity index (χ0v) is 15.6. The van der Waals surface area contributed by atoms with E-state index in [0.717, 1.165) is 44.1 Å². The largest absolute Gasteiger partial charge is 0.508 e. The molecule has 1 rings (SSSR count). The zero-order chi connectivity index (χ0) is 18.2. The van der Waals surface area contributed by atoms with Gasteiger partial charge in [-0.25, -0.2) is 0 Å². The van der Waals surface area contributed by atoms with Gasteiger partial charge < -0.3 is 15.5 Å². The van der Waals surface area contributed by atoms with Gasteiger partial charge in [-0.05, 0) is 49.8 Å². The number of unbranched alkanes of at least 4 members (excludes halogenated alkanes) is 2. The van der Waals surface area contributed by atoms with Gasteiger partial charge in [-0.3, -0.25) is 4.79 Å². The lowest BCUT2D eigenvalue weighted by Gasteiger charge is -2.27. The van der Waals surface area contributed by atoms with Crippen LogP contribution in [-0.4, -0.2) is 22.2 Å². The maximum atomic E-state index is 11.8. The lowest BCUT2D eigenvalue weighted by Crippen LogP contribution is -2.32. The molecule has 0 aliphatic heterocycles. The third kappa shape index (κ3) is 6.81. The minimum Gasteiger partial charge on any atom is -0.508 e. The summed E-state index contributed by atoms with van der Waals surface area (Å²) in [5.74, 6) is 0.527. The maximum Gasteiger partial charge on any atom is 0.220 e. The molecule has 0 spiro atoms. The Hall–Kier alpha value is -1.71. The van der Waals surface area contributed by atoms with E-state index in [9.17, 15) is 15.0 Å². The minimum absolute atomic E-state index is 0.140. The van der Waals surface area contributed by atoms with Crippen LogP contribution in [0.5, 0.6) is 11.5 Å². The summed E-state index contributed by atoms with van der Waals surface area (Å²) in [5.41, 5.74) is 0.534. The molecular weight excluding hydrogens is 302 g/mol. The summed E-state index contributed by atoms with van der Waals surface area (Å²) in [7, 11) is 0. The molecule has 4 heteroatoms. The van der Waals surface area contributed by atoms with Gasteiger partial charge in [0.1, 0.15) is 11.5 Å². The number of benzene rings is 1. The summed E-state index contributed by atoms with van der Waals surface area (Å²) >= 11 is 0. The molecule has 0 heterocycles. The third-order valence-corrected chi connectivity index (χ3v) is 4.56. The fraction of sp³-hybridized carbons (Fsp3) is 0.650. The summed E-state index contributed by atoms with van der Waals surface area (Å²) in [4.78, 5) is 11.8. The van der Waals surface area contributed by atoms with Crippen molar-refractivity contribution in [1.82, 2.24) is 5.32 Å². The van der Waals surface area contributed by atoms with Crippen molar-refractivity contribution in [3.63, 3.8) is 0 Å². The average Bonchev–Trinajstić information content (AvgIpc) is 2.49. The van der Waals surface area contributed by atoms with Crippen molar-refractivity contribution in [3.05, 3.63) is 23.8 Å². The summed E-state index contributed by atoms with van der Waals surface area (Å²) < 4.78 is 0. The van der Waals surface area contributed by atoms with Crippen molar-refractivity contribution in [1.29, 1.82) is 0 Å². The van der Waals surface area contributed by atoms with Crippen LogP contribution in [0, 0.1) is 0 Å². The molecule has 1 aromatic rings. The summed E-state index contributed by atoms with van der Waals surface area (Å²) in [6.45, 7) is 8.30. The van der Waals surface area contributed by atoms with E-state index in [4.69, 9.17) is 0 Å². The number of hydrogen-bond acceptors (Lipinski definition) is 3. The Labute approximate surface area is 146 Å². The van der Waals surface area contributed by atoms with Gasteiger partial charge in [-0.15, -0.1) is 0 Å². The molecule has 0 aliphatic rings. The quantitative estimate of drug-likeness (QED) is 0.431. The van der Waals surface area contributed by atoms with Crippen LogP contribution in [0.1, 0.15) is 78.2 Å². The Morgan fingerprint density at radius 1 is 1.21 bits per heavy atom. The predicted molar refractivity (Wildman–Crippen MR) is 98.4 cm³/mol. The van der Waals surface area contributed by atoms with Crippen molar-refractivity contribution in [2.45, 2.75) is 84.1 Å². The van der Waals surface area contributed by atoms with Gasteiger partial charge in [0.05, 0.1) is 0 Å². The molecule has 1 atom stereocenters. The highest BCUT2D eigenvalue weighted by Crippen LogP contribution is 2.37. The Balaban J connectivity index is 2.42. The van der Waals surface area contributed by atoms with Gasteiger partial charge in [0.25, 0.3) is 0 Å². The first-order valence-electron chi connectivity index (χ1n) is 9.08. The van der Waals surface area contributed by atoms with Crippen LogP contribution < -0.4 is 5.32 Å². The van der Waals surface area contributed by atoms with Gasteiger partial charge in [0, 0.05) is 18.0 Å². The van der Waals surface area contributed by atoms with Crippen molar-refractivity contribution in [2.24, 2.45) is 0 Å². The topological polar surface area (TPSA) is 69.6 Å². The van der Waals surface area contributed by atoms with Gasteiger partial charge in [-0.2, -0.15) is 0 Å². The van der Waals surface area contributed by atoms with Crippen LogP contribution in [0.3, 0.4) is 0 Å². The monoisotopic (exact) mass is 335 g/mol. The lowest BCUT2D eigenvalue weighted by atomic mass is 9.79. The molecule has 0 saturated heterocycles. The Kier molecular flexibility index (Phi) is 8.09. The molecule has 24 heavy (non-hydrogen) atoms. The molecule has 0 radical (unpaired) electrons. The molecular formula is C20H33NO3. The second-order valence-electron chi connectivity index (χ2n) is 7.40. The van der Waals surface area contributed by atoms with Gasteiger partial charge in [0.2, 0.25) is 5.91 Å². The Morgan fingerprint density at radius 2 is 1.92 bits per heavy atom. The number of carbonyl (C=O) groups excluding carboxylic acids is 1. The Morgan fingerprint density at radius 3 is 2.58 bits per heavy atom. The lowest BCUT2D eigenvalue weighted by molar-refractivity contribution is -0.121. The molecule has 0 aromatic heterocycles. The number of phenols is 2. The van der Waals surface area contributed by atoms with Gasteiger partial charge >= 0.3 is 0 Å². The minimum atomic E-state index is -0.228. The summed E-state index contributed by atoms with van der Waals surface area (Å²) in [6, 6.07) is 4.82. The zero-order valence-electron chi connectivity index (χ0n) is 15.6. The van der Waals surface area contributed by atoms with Gasteiger partial charge in [0.15, 0.2) is 0 Å². The first-order chi connectivity index (χ1) is 11.3. The first-order valence-corrected chi connectivity index (χ1v) is 9.08. The molecule has 0 aliphatic carbocycles. The SMILES string of the molecule is CCCCCC(=O)NC(C)CCCC(C)(C)c1cc(O)ccc1O. The molecule has 4 nitrogen and oxygen atoms in total. The fourth-order valence-corrected chi connectivity index (χ4v) is 3.01. The molecule has 136 valence electrons. The Bertz CT molecular complexity index is 526. The van der Waals surface area contributed by atoms with Crippen LogP contribution >= 0.6 is 0 Å². The predicted octanol–water partition coefficient (Wildman–Crippen LogP) is 4.63. The molecule has 3 N–H and O–H groups in total. The van der Waals surface area contributed by atoms with E-state index in [-0.39, 0.29) is 28.9 Å². The van der Waals surface area contributed by atoms with E-state index in [1.54, 1.807) is 6.07 Å². The second-order valence-corrected chi connectivity index (χ2v) is 7.40. The van der Waals surface area contributed by atoms with Crippen LogP contribution in [0.15, 0.2) is 18.2 Å². The van der Waals surface area contributed by atoms with Gasteiger partial charge in [-0.1, -0.05) is 40.0 Å². The van der Waals surface area contributed by atoms with Crippen LogP contribution in [-0.2, 0) is 10.2 Å². The molecule has 1 amide bonds. The summed E-state index contributed by atoms with van der Waals surface area (Å²) in [6.07, 6.45) is 6.52. The van der Waals surface area contributed by atoms with Crippen molar-refractivity contribution < 1.29 is 15.0 Å². The molecule has 1 unspecified atom stereocenters. The van der Waals surface area contributed by atoms with E-state index in [2.05, 4.69) is 26.1 Å². The highest BCUT2D eigenvalue weighted by Gasteiger charge is 2.24. The molecule has 0 saturated carbocycles. The second kappa shape index (κ2) is 9.55. The number of phenolic OH excluding ortho intramolecular Hbond substituents is 2. The van der Waals surface area contributed by atoms with Crippen molar-refractivity contribution >= 4 is 5.91 Å². The smallest absolute Gasteiger partial charge is 0.220 e. The number of aromatic hydroxyl groups is 2. The highest BCUT2D eigenvalue weighted by atomic mass is 16.3. The van der Waals surface area contributed by atoms with Crippen molar-refractivity contribution in [2.75, 3.05) is 0 Å². The number of nitrogens with one attached hydrogen (secondary N) is 1. The number of rotatable bonds is 10. The van der Waals surface area contributed by atoms with Crippen LogP contribution in [0.25, 0.3) is 0 Å². The molecule has 1 aromatic carbocycles.